The van der Waals surface area contributed by atoms with E-state index in [1.165, 1.54) is 38.5 Å². The summed E-state index contributed by atoms with van der Waals surface area (Å²) in [6, 6.07) is 0. The maximum atomic E-state index is 13.4. The Morgan fingerprint density at radius 2 is 1.72 bits per heavy atom. The number of rotatable bonds is 5. The van der Waals surface area contributed by atoms with Gasteiger partial charge in [-0.25, -0.2) is 0 Å². The zero-order valence-corrected chi connectivity index (χ0v) is 20.1. The maximum Gasteiger partial charge on any atom is 0.150 e. The average Bonchev–Trinajstić information content (AvgIpc) is 3.22. The van der Waals surface area contributed by atoms with Crippen LogP contribution in [0.4, 0.5) is 0 Å². The number of carbonyl (C=O) groups excluding carboxylic acids is 1. The van der Waals surface area contributed by atoms with Gasteiger partial charge in [-0.3, -0.25) is 9.69 Å². The SMILES string of the molecule is CCOC1C2[C@@H]3CC[C@@H]4[C@H](CC[C@]5(C)[C@@H](C(=O)CN6CCOCC6)CC[C@@H]45)[C@H]3CC[C@]12O. The summed E-state index contributed by atoms with van der Waals surface area (Å²) in [7, 11) is 0. The Hall–Kier alpha value is -0.490. The van der Waals surface area contributed by atoms with E-state index in [1.54, 1.807) is 0 Å². The highest BCUT2D eigenvalue weighted by Gasteiger charge is 2.72. The number of nitrogens with zero attached hydrogens (tertiary/aromatic N) is 1. The summed E-state index contributed by atoms with van der Waals surface area (Å²) in [5.41, 5.74) is -0.308. The first-order chi connectivity index (χ1) is 15.5. The average molecular weight is 446 g/mol. The molecule has 0 spiro atoms. The van der Waals surface area contributed by atoms with Crippen LogP contribution in [0.3, 0.4) is 0 Å². The summed E-state index contributed by atoms with van der Waals surface area (Å²) in [5, 5.41) is 11.1. The smallest absolute Gasteiger partial charge is 0.150 e. The van der Waals surface area contributed by atoms with E-state index in [9.17, 15) is 9.90 Å². The molecule has 6 rings (SSSR count). The van der Waals surface area contributed by atoms with Crippen molar-refractivity contribution in [3.63, 3.8) is 0 Å². The van der Waals surface area contributed by atoms with Crippen molar-refractivity contribution in [3.8, 4) is 0 Å². The zero-order chi connectivity index (χ0) is 22.1. The fraction of sp³-hybridized carbons (Fsp3) is 0.963. The Morgan fingerprint density at radius 3 is 2.50 bits per heavy atom. The molecule has 0 bridgehead atoms. The highest BCUT2D eigenvalue weighted by Crippen LogP contribution is 2.69. The van der Waals surface area contributed by atoms with Gasteiger partial charge in [-0.15, -0.1) is 0 Å². The van der Waals surface area contributed by atoms with E-state index in [4.69, 9.17) is 9.47 Å². The summed E-state index contributed by atoms with van der Waals surface area (Å²) < 4.78 is 11.5. The summed E-state index contributed by atoms with van der Waals surface area (Å²) in [5.74, 6) is 4.93. The van der Waals surface area contributed by atoms with Crippen molar-refractivity contribution < 1.29 is 19.4 Å². The van der Waals surface area contributed by atoms with Crippen LogP contribution < -0.4 is 0 Å². The van der Waals surface area contributed by atoms with Crippen molar-refractivity contribution in [3.05, 3.63) is 0 Å². The molecule has 1 saturated heterocycles. The van der Waals surface area contributed by atoms with Gasteiger partial charge in [0.15, 0.2) is 0 Å². The van der Waals surface area contributed by atoms with Crippen molar-refractivity contribution in [2.75, 3.05) is 39.5 Å². The molecule has 1 aliphatic heterocycles. The number of ketones is 1. The van der Waals surface area contributed by atoms with Crippen LogP contribution in [0.5, 0.6) is 0 Å². The highest BCUT2D eigenvalue weighted by atomic mass is 16.5. The molecule has 32 heavy (non-hydrogen) atoms. The molecule has 0 radical (unpaired) electrons. The van der Waals surface area contributed by atoms with Crippen LogP contribution in [-0.4, -0.2) is 66.9 Å². The van der Waals surface area contributed by atoms with Crippen molar-refractivity contribution in [1.82, 2.24) is 4.90 Å². The molecule has 0 aromatic rings. The van der Waals surface area contributed by atoms with Crippen LogP contribution in [0.2, 0.25) is 0 Å². The van der Waals surface area contributed by atoms with Gasteiger partial charge in [0, 0.05) is 31.5 Å². The minimum absolute atomic E-state index is 0.0987. The summed E-state index contributed by atoms with van der Waals surface area (Å²) in [6.07, 6.45) is 9.68. The summed E-state index contributed by atoms with van der Waals surface area (Å²) in [6.45, 7) is 9.23. The van der Waals surface area contributed by atoms with E-state index < -0.39 is 5.60 Å². The molecular weight excluding hydrogens is 402 g/mol. The van der Waals surface area contributed by atoms with E-state index >= 15 is 0 Å². The lowest BCUT2D eigenvalue weighted by Crippen LogP contribution is -2.51. The molecule has 0 aromatic carbocycles. The third-order valence-corrected chi connectivity index (χ3v) is 11.3. The number of morpholine rings is 1. The van der Waals surface area contributed by atoms with Crippen LogP contribution in [0.1, 0.15) is 65.2 Å². The van der Waals surface area contributed by atoms with E-state index in [2.05, 4.69) is 18.7 Å². The summed E-state index contributed by atoms with van der Waals surface area (Å²) >= 11 is 0. The van der Waals surface area contributed by atoms with Gasteiger partial charge < -0.3 is 14.6 Å². The Balaban J connectivity index is 1.15. The minimum Gasteiger partial charge on any atom is -0.387 e. The molecule has 2 unspecified atom stereocenters. The van der Waals surface area contributed by atoms with E-state index in [1.807, 2.05) is 0 Å². The van der Waals surface area contributed by atoms with Crippen LogP contribution in [0.15, 0.2) is 0 Å². The lowest BCUT2D eigenvalue weighted by atomic mass is 9.49. The second kappa shape index (κ2) is 8.03. The zero-order valence-electron chi connectivity index (χ0n) is 20.1. The Bertz CT molecular complexity index is 737. The predicted molar refractivity (Wildman–Crippen MR) is 122 cm³/mol. The molecule has 5 saturated carbocycles. The van der Waals surface area contributed by atoms with Crippen molar-refractivity contribution in [2.45, 2.75) is 76.9 Å². The van der Waals surface area contributed by atoms with Crippen molar-refractivity contribution in [2.24, 2.45) is 46.8 Å². The number of hydrogen-bond acceptors (Lipinski definition) is 5. The van der Waals surface area contributed by atoms with Gasteiger partial charge in [-0.1, -0.05) is 6.92 Å². The second-order valence-corrected chi connectivity index (χ2v) is 12.3. The number of carbonyl (C=O) groups is 1. The van der Waals surface area contributed by atoms with E-state index in [-0.39, 0.29) is 17.4 Å². The highest BCUT2D eigenvalue weighted by molar-refractivity contribution is 5.84. The van der Waals surface area contributed by atoms with Gasteiger partial charge >= 0.3 is 0 Å². The van der Waals surface area contributed by atoms with Gasteiger partial charge in [0.1, 0.15) is 5.78 Å². The molecule has 5 aliphatic carbocycles. The number of aliphatic hydroxyl groups is 1. The number of fused-ring (bicyclic) bond motifs is 7. The molecule has 0 amide bonds. The molecule has 180 valence electrons. The molecule has 5 heteroatoms. The lowest BCUT2D eigenvalue weighted by molar-refractivity contribution is -0.133. The second-order valence-electron chi connectivity index (χ2n) is 12.3. The molecule has 1 N–H and O–H groups in total. The number of ether oxygens (including phenoxy) is 2. The van der Waals surface area contributed by atoms with Crippen LogP contribution in [0.25, 0.3) is 0 Å². The largest absolute Gasteiger partial charge is 0.387 e. The fourth-order valence-corrected chi connectivity index (χ4v) is 9.82. The van der Waals surface area contributed by atoms with Gasteiger partial charge in [-0.05, 0) is 93.3 Å². The first-order valence-corrected chi connectivity index (χ1v) is 13.6. The Labute approximate surface area is 193 Å². The van der Waals surface area contributed by atoms with Gasteiger partial charge in [0.2, 0.25) is 0 Å². The Morgan fingerprint density at radius 1 is 1.00 bits per heavy atom. The molecule has 6 aliphatic rings. The topological polar surface area (TPSA) is 59.0 Å². The molecule has 10 atom stereocenters. The molecule has 5 nitrogen and oxygen atoms in total. The van der Waals surface area contributed by atoms with Gasteiger partial charge in [0.05, 0.1) is 31.5 Å². The van der Waals surface area contributed by atoms with Crippen LogP contribution in [0, 0.1) is 46.8 Å². The van der Waals surface area contributed by atoms with E-state index in [0.29, 0.717) is 30.8 Å². The third-order valence-electron chi connectivity index (χ3n) is 11.3. The molecular formula is C27H43NO4. The normalized spacial score (nSPS) is 52.5. The minimum atomic E-state index is -0.516. The molecule has 0 aromatic heterocycles. The number of hydrogen-bond donors (Lipinski definition) is 1. The third kappa shape index (κ3) is 3.21. The predicted octanol–water partition coefficient (Wildman–Crippen LogP) is 3.53. The first-order valence-electron chi connectivity index (χ1n) is 13.6. The van der Waals surface area contributed by atoms with Crippen molar-refractivity contribution in [1.29, 1.82) is 0 Å². The molecule has 1 heterocycles. The summed E-state index contributed by atoms with van der Waals surface area (Å²) in [4.78, 5) is 15.7. The van der Waals surface area contributed by atoms with E-state index in [0.717, 1.165) is 62.8 Å². The van der Waals surface area contributed by atoms with Crippen molar-refractivity contribution >= 4 is 5.78 Å². The van der Waals surface area contributed by atoms with Gasteiger partial charge in [-0.2, -0.15) is 0 Å². The Kier molecular flexibility index (Phi) is 5.52. The monoisotopic (exact) mass is 445 g/mol. The van der Waals surface area contributed by atoms with Crippen LogP contribution in [-0.2, 0) is 14.3 Å². The van der Waals surface area contributed by atoms with Crippen LogP contribution >= 0.6 is 0 Å². The maximum absolute atomic E-state index is 13.4. The van der Waals surface area contributed by atoms with Gasteiger partial charge in [0.25, 0.3) is 0 Å². The number of Topliss-reactive ketones (excluding diaryl/α,β-unsaturated/α-hetero) is 1. The standard InChI is InChI=1S/C27H43NO4/c1-3-32-25-24-20-5-4-19-17(18(20)9-11-27(24,25)30)8-10-26(2)21(19)6-7-22(26)23(29)16-28-12-14-31-15-13-28/h17-22,24-25,30H,3-16H2,1-2H3/t17-,18-,19-,20-,21+,22-,24?,25?,26+,27-/m1/s1. The quantitative estimate of drug-likeness (QED) is 0.702. The molecule has 6 fully saturated rings. The first kappa shape index (κ1) is 22.0. The lowest BCUT2D eigenvalue weighted by Gasteiger charge is -2.55. The fourth-order valence-electron chi connectivity index (χ4n) is 9.82.